The maximum absolute atomic E-state index is 12.4. The van der Waals surface area contributed by atoms with Crippen LogP contribution in [0.25, 0.3) is 5.57 Å². The molecule has 148 valence electrons. The minimum absolute atomic E-state index is 0.00811. The quantitative estimate of drug-likeness (QED) is 0.277. The van der Waals surface area contributed by atoms with Gasteiger partial charge in [0, 0.05) is 5.57 Å². The summed E-state index contributed by atoms with van der Waals surface area (Å²) < 4.78 is 29.8. The number of hydrogen-bond acceptors (Lipinski definition) is 5. The number of nitriles is 1. The van der Waals surface area contributed by atoms with E-state index in [0.717, 1.165) is 16.7 Å². The molecule has 0 N–H and O–H groups in total. The SMILES string of the molecule is C=CC(=N/OS(=O)(=O)c1ccc(C)cc1)/C(/C=C\C)=C(/C#N)c1ccccc1C. The van der Waals surface area contributed by atoms with Crippen molar-refractivity contribution in [2.24, 2.45) is 5.16 Å². The monoisotopic (exact) mass is 406 g/mol. The molecule has 5 nitrogen and oxygen atoms in total. The van der Waals surface area contributed by atoms with Gasteiger partial charge in [-0.1, -0.05) is 65.8 Å². The highest BCUT2D eigenvalue weighted by molar-refractivity contribution is 7.86. The van der Waals surface area contributed by atoms with Gasteiger partial charge in [-0.25, -0.2) is 0 Å². The molecule has 0 aliphatic rings. The molecule has 0 aliphatic heterocycles. The van der Waals surface area contributed by atoms with Gasteiger partial charge < -0.3 is 0 Å². The third-order valence-electron chi connectivity index (χ3n) is 4.14. The van der Waals surface area contributed by atoms with Gasteiger partial charge in [0.05, 0.1) is 5.57 Å². The molecular weight excluding hydrogens is 384 g/mol. The van der Waals surface area contributed by atoms with Crippen molar-refractivity contribution in [2.75, 3.05) is 0 Å². The van der Waals surface area contributed by atoms with E-state index in [4.69, 9.17) is 4.28 Å². The number of rotatable bonds is 7. The molecule has 0 aromatic heterocycles. The molecule has 0 spiro atoms. The van der Waals surface area contributed by atoms with Crippen LogP contribution < -0.4 is 0 Å². The predicted octanol–water partition coefficient (Wildman–Crippen LogP) is 5.10. The van der Waals surface area contributed by atoms with Crippen LogP contribution in [0.1, 0.15) is 23.6 Å². The third kappa shape index (κ3) is 5.31. The van der Waals surface area contributed by atoms with Crippen molar-refractivity contribution in [2.45, 2.75) is 25.7 Å². The second-order valence-electron chi connectivity index (χ2n) is 6.24. The molecule has 0 heterocycles. The largest absolute Gasteiger partial charge is 0.358 e. The molecule has 29 heavy (non-hydrogen) atoms. The molecule has 0 unspecified atom stereocenters. The van der Waals surface area contributed by atoms with Crippen LogP contribution in [0.15, 0.2) is 89.0 Å². The third-order valence-corrected chi connectivity index (χ3v) is 5.26. The van der Waals surface area contributed by atoms with Gasteiger partial charge >= 0.3 is 10.1 Å². The average molecular weight is 407 g/mol. The van der Waals surface area contributed by atoms with Gasteiger partial charge in [0.1, 0.15) is 16.7 Å². The average Bonchev–Trinajstić information content (AvgIpc) is 2.70. The van der Waals surface area contributed by atoms with E-state index in [2.05, 4.69) is 17.8 Å². The molecule has 2 aromatic carbocycles. The van der Waals surface area contributed by atoms with E-state index in [1.807, 2.05) is 38.1 Å². The molecule has 0 radical (unpaired) electrons. The van der Waals surface area contributed by atoms with Crippen molar-refractivity contribution >= 4 is 21.4 Å². The zero-order valence-corrected chi connectivity index (χ0v) is 17.4. The second-order valence-corrected chi connectivity index (χ2v) is 7.77. The summed E-state index contributed by atoms with van der Waals surface area (Å²) in [6.45, 7) is 9.24. The number of oxime groups is 1. The molecule has 0 atom stereocenters. The number of hydrogen-bond donors (Lipinski definition) is 0. The van der Waals surface area contributed by atoms with Crippen LogP contribution in [0.4, 0.5) is 0 Å². The molecule has 0 amide bonds. The first kappa shape index (κ1) is 21.9. The molecule has 0 bridgehead atoms. The summed E-state index contributed by atoms with van der Waals surface area (Å²) in [6, 6.07) is 15.9. The van der Waals surface area contributed by atoms with Gasteiger partial charge in [0.25, 0.3) is 0 Å². The van der Waals surface area contributed by atoms with Gasteiger partial charge in [0.2, 0.25) is 0 Å². The fourth-order valence-corrected chi connectivity index (χ4v) is 3.35. The highest BCUT2D eigenvalue weighted by Crippen LogP contribution is 2.24. The van der Waals surface area contributed by atoms with Crippen LogP contribution in [0, 0.1) is 25.2 Å². The zero-order chi connectivity index (χ0) is 21.4. The zero-order valence-electron chi connectivity index (χ0n) is 16.6. The summed E-state index contributed by atoms with van der Waals surface area (Å²) in [5, 5.41) is 13.6. The maximum atomic E-state index is 12.4. The van der Waals surface area contributed by atoms with Crippen molar-refractivity contribution in [3.63, 3.8) is 0 Å². The van der Waals surface area contributed by atoms with Gasteiger partial charge in [-0.2, -0.15) is 13.7 Å². The number of benzene rings is 2. The summed E-state index contributed by atoms with van der Waals surface area (Å²) in [4.78, 5) is -0.00811. The van der Waals surface area contributed by atoms with Crippen LogP contribution in [0.5, 0.6) is 0 Å². The van der Waals surface area contributed by atoms with Crippen molar-refractivity contribution in [1.82, 2.24) is 0 Å². The Morgan fingerprint density at radius 3 is 2.34 bits per heavy atom. The van der Waals surface area contributed by atoms with Crippen molar-refractivity contribution < 1.29 is 12.7 Å². The van der Waals surface area contributed by atoms with Gasteiger partial charge in [0.15, 0.2) is 0 Å². The fourth-order valence-electron chi connectivity index (χ4n) is 2.62. The second kappa shape index (κ2) is 9.67. The highest BCUT2D eigenvalue weighted by atomic mass is 32.2. The van der Waals surface area contributed by atoms with Crippen molar-refractivity contribution in [3.05, 3.63) is 95.6 Å². The van der Waals surface area contributed by atoms with E-state index in [1.54, 1.807) is 31.2 Å². The molecule has 2 rings (SSSR count). The lowest BCUT2D eigenvalue weighted by Gasteiger charge is -2.10. The molecule has 0 aliphatic carbocycles. The van der Waals surface area contributed by atoms with E-state index in [-0.39, 0.29) is 10.6 Å². The summed E-state index contributed by atoms with van der Waals surface area (Å²) in [5.41, 5.74) is 3.45. The lowest BCUT2D eigenvalue weighted by Crippen LogP contribution is -2.07. The van der Waals surface area contributed by atoms with Gasteiger partial charge in [-0.15, -0.1) is 0 Å². The van der Waals surface area contributed by atoms with E-state index in [0.29, 0.717) is 11.1 Å². The topological polar surface area (TPSA) is 79.5 Å². The van der Waals surface area contributed by atoms with Crippen LogP contribution in [0.2, 0.25) is 0 Å². The first-order valence-electron chi connectivity index (χ1n) is 8.88. The lowest BCUT2D eigenvalue weighted by molar-refractivity contribution is 0.339. The number of aryl methyl sites for hydroxylation is 2. The van der Waals surface area contributed by atoms with Crippen LogP contribution in [0.3, 0.4) is 0 Å². The molecule has 0 fully saturated rings. The molecule has 0 saturated heterocycles. The summed E-state index contributed by atoms with van der Waals surface area (Å²) >= 11 is 0. The van der Waals surface area contributed by atoms with E-state index < -0.39 is 10.1 Å². The van der Waals surface area contributed by atoms with E-state index in [9.17, 15) is 13.7 Å². The van der Waals surface area contributed by atoms with Gasteiger partial charge in [-0.05, 0) is 50.1 Å². The van der Waals surface area contributed by atoms with Crippen molar-refractivity contribution in [3.8, 4) is 6.07 Å². The Morgan fingerprint density at radius 1 is 1.14 bits per heavy atom. The standard InChI is InChI=1S/C23H22N2O3S/c1-5-9-21(22(16-24)20-11-8-7-10-18(20)4)23(6-2)25-28-29(26,27)19-14-12-17(3)13-15-19/h5-15H,2H2,1,3-4H3/b9-5-,22-21-,25-23-. The van der Waals surface area contributed by atoms with Gasteiger partial charge in [-0.3, -0.25) is 4.28 Å². The number of nitrogens with zero attached hydrogens (tertiary/aromatic N) is 2. The number of allylic oxidation sites excluding steroid dienone is 5. The maximum Gasteiger partial charge on any atom is 0.358 e. The van der Waals surface area contributed by atoms with E-state index in [1.165, 1.54) is 18.2 Å². The van der Waals surface area contributed by atoms with Crippen LogP contribution in [-0.4, -0.2) is 14.1 Å². The molecule has 6 heteroatoms. The lowest BCUT2D eigenvalue weighted by atomic mass is 9.94. The van der Waals surface area contributed by atoms with Crippen LogP contribution >= 0.6 is 0 Å². The van der Waals surface area contributed by atoms with Crippen molar-refractivity contribution in [1.29, 1.82) is 5.26 Å². The molecular formula is C23H22N2O3S. The smallest absolute Gasteiger partial charge is 0.264 e. The Morgan fingerprint density at radius 2 is 1.79 bits per heavy atom. The highest BCUT2D eigenvalue weighted by Gasteiger charge is 2.18. The first-order valence-corrected chi connectivity index (χ1v) is 10.3. The summed E-state index contributed by atoms with van der Waals surface area (Å²) in [5.74, 6) is 0. The van der Waals surface area contributed by atoms with E-state index >= 15 is 0 Å². The Bertz CT molecular complexity index is 1130. The molecule has 0 saturated carbocycles. The molecule has 2 aromatic rings. The first-order chi connectivity index (χ1) is 13.8. The predicted molar refractivity (Wildman–Crippen MR) is 116 cm³/mol. The minimum atomic E-state index is -4.10. The minimum Gasteiger partial charge on any atom is -0.264 e. The Labute approximate surface area is 172 Å². The fraction of sp³-hybridized carbons (Fsp3) is 0.130. The van der Waals surface area contributed by atoms with Crippen LogP contribution in [-0.2, 0) is 14.4 Å². The Balaban J connectivity index is 2.55. The summed E-state index contributed by atoms with van der Waals surface area (Å²) in [6.07, 6.45) is 4.77. The normalized spacial score (nSPS) is 13.0. The summed E-state index contributed by atoms with van der Waals surface area (Å²) in [7, 11) is -4.10. The Hall–Kier alpha value is -3.43. The Kier molecular flexibility index (Phi) is 7.29.